The molecule has 2 heterocycles. The topological polar surface area (TPSA) is 76.2 Å². The zero-order valence-corrected chi connectivity index (χ0v) is 18.6. The normalized spacial score (nSPS) is 19.5. The summed E-state index contributed by atoms with van der Waals surface area (Å²) < 4.78 is 49.7. The van der Waals surface area contributed by atoms with Crippen molar-refractivity contribution in [3.8, 4) is 0 Å². The number of ether oxygens (including phenoxy) is 1. The molecule has 0 aromatic heterocycles. The van der Waals surface area contributed by atoms with Crippen LogP contribution in [0.25, 0.3) is 0 Å². The second-order valence-corrected chi connectivity index (χ2v) is 10.2. The van der Waals surface area contributed by atoms with Crippen LogP contribution in [0, 0.1) is 12.7 Å². The number of hydrogen-bond donors (Lipinski definition) is 0. The second-order valence-electron chi connectivity index (χ2n) is 7.40. The van der Waals surface area contributed by atoms with E-state index in [9.17, 15) is 17.6 Å². The van der Waals surface area contributed by atoms with Gasteiger partial charge in [-0.3, -0.25) is 9.08 Å². The zero-order valence-electron chi connectivity index (χ0n) is 17.0. The standard InChI is InChI=1S/C21H23FN2O5S2/c1-15-2-5-18(6-3-15)31(26,27)28-14-17-13-24(21(25)29-17)16-4-7-20(19(22)12-16)23-8-10-30-11-9-23/h2-7,12,17H,8-11,13-14H2,1H3. The van der Waals surface area contributed by atoms with Crippen LogP contribution in [0.2, 0.25) is 0 Å². The molecule has 7 nitrogen and oxygen atoms in total. The maximum absolute atomic E-state index is 14.7. The summed E-state index contributed by atoms with van der Waals surface area (Å²) in [6.07, 6.45) is -1.45. The van der Waals surface area contributed by atoms with E-state index in [0.717, 1.165) is 30.2 Å². The predicted octanol–water partition coefficient (Wildman–Crippen LogP) is 3.42. The first-order valence-corrected chi connectivity index (χ1v) is 12.5. The van der Waals surface area contributed by atoms with Crippen molar-refractivity contribution in [2.75, 3.05) is 47.5 Å². The number of halogens is 1. The van der Waals surface area contributed by atoms with Gasteiger partial charge in [0.25, 0.3) is 10.1 Å². The molecule has 31 heavy (non-hydrogen) atoms. The number of cyclic esters (lactones) is 1. The molecule has 2 aliphatic heterocycles. The molecule has 0 aliphatic carbocycles. The van der Waals surface area contributed by atoms with Crippen LogP contribution in [0.5, 0.6) is 0 Å². The van der Waals surface area contributed by atoms with Crippen LogP contribution in [-0.2, 0) is 19.0 Å². The van der Waals surface area contributed by atoms with E-state index in [-0.39, 0.29) is 18.0 Å². The average molecular weight is 467 g/mol. The lowest BCUT2D eigenvalue weighted by atomic mass is 10.2. The van der Waals surface area contributed by atoms with E-state index in [1.165, 1.54) is 23.1 Å². The number of nitrogens with zero attached hydrogens (tertiary/aromatic N) is 2. The smallest absolute Gasteiger partial charge is 0.414 e. The maximum atomic E-state index is 14.7. The van der Waals surface area contributed by atoms with Gasteiger partial charge in [0.15, 0.2) is 0 Å². The van der Waals surface area contributed by atoms with Gasteiger partial charge >= 0.3 is 6.09 Å². The molecule has 2 saturated heterocycles. The van der Waals surface area contributed by atoms with Crippen molar-refractivity contribution in [1.29, 1.82) is 0 Å². The SMILES string of the molecule is Cc1ccc(S(=O)(=O)OCC2CN(c3ccc(N4CCSCC4)c(F)c3)C(=O)O2)cc1. The lowest BCUT2D eigenvalue weighted by molar-refractivity contribution is 0.107. The van der Waals surface area contributed by atoms with Crippen molar-refractivity contribution in [2.45, 2.75) is 17.9 Å². The number of thioether (sulfide) groups is 1. The molecular weight excluding hydrogens is 443 g/mol. The third-order valence-electron chi connectivity index (χ3n) is 5.19. The highest BCUT2D eigenvalue weighted by Gasteiger charge is 2.34. The highest BCUT2D eigenvalue weighted by atomic mass is 32.2. The quantitative estimate of drug-likeness (QED) is 0.604. The fourth-order valence-corrected chi connectivity index (χ4v) is 5.32. The second kappa shape index (κ2) is 9.05. The van der Waals surface area contributed by atoms with Crippen molar-refractivity contribution in [2.24, 2.45) is 0 Å². The lowest BCUT2D eigenvalue weighted by Gasteiger charge is -2.29. The molecule has 2 aromatic carbocycles. The van der Waals surface area contributed by atoms with Crippen LogP contribution < -0.4 is 9.80 Å². The summed E-state index contributed by atoms with van der Waals surface area (Å²) in [5, 5.41) is 0. The number of aryl methyl sites for hydroxylation is 1. The lowest BCUT2D eigenvalue weighted by Crippen LogP contribution is -2.33. The molecule has 1 unspecified atom stereocenters. The van der Waals surface area contributed by atoms with E-state index < -0.39 is 28.1 Å². The molecule has 0 spiro atoms. The molecule has 166 valence electrons. The van der Waals surface area contributed by atoms with Gasteiger partial charge < -0.3 is 9.64 Å². The van der Waals surface area contributed by atoms with E-state index in [0.29, 0.717) is 11.4 Å². The van der Waals surface area contributed by atoms with Gasteiger partial charge in [0, 0.05) is 24.6 Å². The van der Waals surface area contributed by atoms with E-state index in [1.807, 2.05) is 23.6 Å². The Balaban J connectivity index is 1.40. The van der Waals surface area contributed by atoms with Gasteiger partial charge in [-0.2, -0.15) is 20.2 Å². The summed E-state index contributed by atoms with van der Waals surface area (Å²) >= 11 is 1.84. The van der Waals surface area contributed by atoms with Crippen LogP contribution in [0.4, 0.5) is 20.6 Å². The molecule has 1 amide bonds. The van der Waals surface area contributed by atoms with Gasteiger partial charge in [-0.15, -0.1) is 0 Å². The molecular formula is C21H23FN2O5S2. The number of hydrogen-bond acceptors (Lipinski definition) is 7. The Hall–Kier alpha value is -2.30. The summed E-state index contributed by atoms with van der Waals surface area (Å²) in [6.45, 7) is 3.17. The van der Waals surface area contributed by atoms with Crippen molar-refractivity contribution in [1.82, 2.24) is 0 Å². The summed E-state index contributed by atoms with van der Waals surface area (Å²) in [5.41, 5.74) is 1.80. The van der Waals surface area contributed by atoms with Crippen LogP contribution >= 0.6 is 11.8 Å². The van der Waals surface area contributed by atoms with Gasteiger partial charge in [-0.1, -0.05) is 17.7 Å². The van der Waals surface area contributed by atoms with Crippen LogP contribution in [-0.4, -0.2) is 58.4 Å². The van der Waals surface area contributed by atoms with Crippen LogP contribution in [0.1, 0.15) is 5.56 Å². The summed E-state index contributed by atoms with van der Waals surface area (Å²) in [7, 11) is -3.97. The van der Waals surface area contributed by atoms with E-state index in [2.05, 4.69) is 0 Å². The molecule has 2 aromatic rings. The Kier molecular flexibility index (Phi) is 6.40. The third-order valence-corrected chi connectivity index (χ3v) is 7.43. The van der Waals surface area contributed by atoms with Crippen molar-refractivity contribution < 1.29 is 26.5 Å². The molecule has 1 atom stereocenters. The highest BCUT2D eigenvalue weighted by molar-refractivity contribution is 7.99. The molecule has 4 rings (SSSR count). The first kappa shape index (κ1) is 21.9. The van der Waals surface area contributed by atoms with Gasteiger partial charge in [0.2, 0.25) is 0 Å². The molecule has 0 saturated carbocycles. The Bertz CT molecular complexity index is 1060. The summed E-state index contributed by atoms with van der Waals surface area (Å²) in [5.74, 6) is 1.50. The number of anilines is 2. The van der Waals surface area contributed by atoms with E-state index >= 15 is 0 Å². The van der Waals surface area contributed by atoms with E-state index in [1.54, 1.807) is 24.3 Å². The van der Waals surface area contributed by atoms with Gasteiger partial charge in [-0.05, 0) is 37.3 Å². The fraction of sp³-hybridized carbons (Fsp3) is 0.381. The molecule has 2 aliphatic rings. The number of amides is 1. The highest BCUT2D eigenvalue weighted by Crippen LogP contribution is 2.29. The maximum Gasteiger partial charge on any atom is 0.414 e. The first-order chi connectivity index (χ1) is 14.8. The summed E-state index contributed by atoms with van der Waals surface area (Å²) in [4.78, 5) is 15.6. The van der Waals surface area contributed by atoms with Crippen LogP contribution in [0.15, 0.2) is 47.4 Å². The Morgan fingerprint density at radius 2 is 1.87 bits per heavy atom. The fourth-order valence-electron chi connectivity index (χ4n) is 3.48. The largest absolute Gasteiger partial charge is 0.441 e. The van der Waals surface area contributed by atoms with Crippen molar-refractivity contribution in [3.05, 3.63) is 53.8 Å². The Labute approximate surface area is 185 Å². The van der Waals surface area contributed by atoms with Crippen LogP contribution in [0.3, 0.4) is 0 Å². The van der Waals surface area contributed by atoms with Gasteiger partial charge in [-0.25, -0.2) is 9.18 Å². The summed E-state index contributed by atoms with van der Waals surface area (Å²) in [6, 6.07) is 10.9. The number of benzene rings is 2. The molecule has 0 radical (unpaired) electrons. The molecule has 2 fully saturated rings. The number of carbonyl (C=O) groups is 1. The minimum atomic E-state index is -3.97. The monoisotopic (exact) mass is 466 g/mol. The zero-order chi connectivity index (χ0) is 22.0. The number of rotatable bonds is 6. The van der Waals surface area contributed by atoms with Crippen molar-refractivity contribution in [3.63, 3.8) is 0 Å². The predicted molar refractivity (Wildman–Crippen MR) is 118 cm³/mol. The minimum absolute atomic E-state index is 0.0352. The molecule has 0 N–H and O–H groups in total. The average Bonchev–Trinajstić information content (AvgIpc) is 3.14. The third kappa shape index (κ3) is 4.97. The molecule has 10 heteroatoms. The Morgan fingerprint density at radius 1 is 1.16 bits per heavy atom. The molecule has 0 bridgehead atoms. The first-order valence-electron chi connectivity index (χ1n) is 9.90. The van der Waals surface area contributed by atoms with E-state index in [4.69, 9.17) is 8.92 Å². The minimum Gasteiger partial charge on any atom is -0.441 e. The Morgan fingerprint density at radius 3 is 2.55 bits per heavy atom. The van der Waals surface area contributed by atoms with Crippen molar-refractivity contribution >= 4 is 39.3 Å². The number of carbonyl (C=O) groups excluding carboxylic acids is 1. The van der Waals surface area contributed by atoms with Gasteiger partial charge in [0.05, 0.1) is 22.8 Å². The van der Waals surface area contributed by atoms with Gasteiger partial charge in [0.1, 0.15) is 18.5 Å².